The predicted octanol–water partition coefficient (Wildman–Crippen LogP) is -0.224. The molecule has 0 saturated heterocycles. The third-order valence-electron chi connectivity index (χ3n) is 1.10. The van der Waals surface area contributed by atoms with Gasteiger partial charge in [0.05, 0.1) is 0 Å². The van der Waals surface area contributed by atoms with Gasteiger partial charge < -0.3 is 10.5 Å². The maximum absolute atomic E-state index is 10.4. The number of hydrogen-bond acceptors (Lipinski definition) is 3. The van der Waals surface area contributed by atoms with E-state index < -0.39 is 0 Å². The van der Waals surface area contributed by atoms with E-state index in [1.807, 2.05) is 0 Å². The lowest BCUT2D eigenvalue weighted by atomic mass is 10.3. The van der Waals surface area contributed by atoms with Gasteiger partial charge in [-0.3, -0.25) is 0 Å². The van der Waals surface area contributed by atoms with E-state index in [0.717, 1.165) is 5.57 Å². The summed E-state index contributed by atoms with van der Waals surface area (Å²) in [4.78, 5) is 10.4. The van der Waals surface area contributed by atoms with E-state index in [9.17, 15) is 4.79 Å². The molecular formula is C5H7NO2. The van der Waals surface area contributed by atoms with Gasteiger partial charge in [0.25, 0.3) is 0 Å². The van der Waals surface area contributed by atoms with Crippen LogP contribution in [0.25, 0.3) is 0 Å². The number of hydrogen-bond donors (Lipinski definition) is 1. The van der Waals surface area contributed by atoms with E-state index in [2.05, 4.69) is 4.74 Å². The molecule has 0 unspecified atom stereocenters. The fourth-order valence-corrected chi connectivity index (χ4v) is 0.504. The van der Waals surface area contributed by atoms with E-state index in [0.29, 0.717) is 6.61 Å². The van der Waals surface area contributed by atoms with Gasteiger partial charge in [-0.05, 0) is 12.5 Å². The molecule has 1 heterocycles. The molecule has 1 aliphatic heterocycles. The largest absolute Gasteiger partial charge is 0.456 e. The van der Waals surface area contributed by atoms with E-state index in [1.54, 1.807) is 6.92 Å². The summed E-state index contributed by atoms with van der Waals surface area (Å²) in [5.74, 6) is -0.387. The molecule has 44 valence electrons. The maximum Gasteiger partial charge on any atom is 0.354 e. The van der Waals surface area contributed by atoms with Crippen molar-refractivity contribution in [2.45, 2.75) is 6.92 Å². The molecule has 0 aliphatic carbocycles. The second-order valence-corrected chi connectivity index (χ2v) is 1.77. The molecule has 0 aromatic carbocycles. The minimum atomic E-state index is -0.387. The lowest BCUT2D eigenvalue weighted by molar-refractivity contribution is -0.136. The number of nitrogens with two attached hydrogens (primary N) is 1. The van der Waals surface area contributed by atoms with Crippen molar-refractivity contribution in [2.24, 2.45) is 5.73 Å². The van der Waals surface area contributed by atoms with Crippen molar-refractivity contribution < 1.29 is 9.53 Å². The Morgan fingerprint density at radius 2 is 2.38 bits per heavy atom. The average molecular weight is 113 g/mol. The molecule has 0 radical (unpaired) electrons. The molecule has 8 heavy (non-hydrogen) atoms. The van der Waals surface area contributed by atoms with Crippen molar-refractivity contribution in [3.8, 4) is 0 Å². The zero-order valence-electron chi connectivity index (χ0n) is 4.60. The number of esters is 1. The van der Waals surface area contributed by atoms with Crippen LogP contribution in [0.1, 0.15) is 6.92 Å². The van der Waals surface area contributed by atoms with Crippen molar-refractivity contribution >= 4 is 5.97 Å². The Hall–Kier alpha value is -0.990. The molecule has 2 N–H and O–H groups in total. The third-order valence-corrected chi connectivity index (χ3v) is 1.10. The molecule has 0 aromatic rings. The van der Waals surface area contributed by atoms with Crippen molar-refractivity contribution in [2.75, 3.05) is 6.61 Å². The van der Waals surface area contributed by atoms with Crippen LogP contribution in [0.5, 0.6) is 0 Å². The van der Waals surface area contributed by atoms with Crippen LogP contribution in [0.3, 0.4) is 0 Å². The van der Waals surface area contributed by atoms with E-state index >= 15 is 0 Å². The third kappa shape index (κ3) is 0.559. The summed E-state index contributed by atoms with van der Waals surface area (Å²) in [6.45, 7) is 2.14. The van der Waals surface area contributed by atoms with Gasteiger partial charge in [0.15, 0.2) is 0 Å². The van der Waals surface area contributed by atoms with E-state index in [1.165, 1.54) is 0 Å². The maximum atomic E-state index is 10.4. The summed E-state index contributed by atoms with van der Waals surface area (Å²) in [6.07, 6.45) is 0. The topological polar surface area (TPSA) is 52.3 Å². The molecule has 0 aromatic heterocycles. The lowest BCUT2D eigenvalue weighted by Gasteiger charge is -1.85. The molecule has 3 heteroatoms. The highest BCUT2D eigenvalue weighted by Gasteiger charge is 2.17. The minimum absolute atomic E-state index is 0.269. The van der Waals surface area contributed by atoms with Crippen molar-refractivity contribution in [1.29, 1.82) is 0 Å². The number of ether oxygens (including phenoxy) is 1. The van der Waals surface area contributed by atoms with Crippen LogP contribution >= 0.6 is 0 Å². The highest BCUT2D eigenvalue weighted by Crippen LogP contribution is 2.08. The number of carbonyl (C=O) groups excluding carboxylic acids is 1. The first kappa shape index (κ1) is 5.15. The normalized spacial score (nSPS) is 19.4. The molecule has 0 atom stereocenters. The number of cyclic esters (lactones) is 1. The number of carbonyl (C=O) groups is 1. The zero-order chi connectivity index (χ0) is 6.15. The average Bonchev–Trinajstić information content (AvgIpc) is 1.98. The lowest BCUT2D eigenvalue weighted by Crippen LogP contribution is -2.07. The van der Waals surface area contributed by atoms with Crippen molar-refractivity contribution in [3.05, 3.63) is 11.3 Å². The summed E-state index contributed by atoms with van der Waals surface area (Å²) < 4.78 is 4.54. The number of rotatable bonds is 0. The molecule has 0 bridgehead atoms. The van der Waals surface area contributed by atoms with Gasteiger partial charge in [-0.15, -0.1) is 0 Å². The Bertz CT molecular complexity index is 160. The first-order chi connectivity index (χ1) is 3.72. The molecule has 0 saturated carbocycles. The highest BCUT2D eigenvalue weighted by molar-refractivity contribution is 5.90. The highest BCUT2D eigenvalue weighted by atomic mass is 16.5. The molecule has 0 fully saturated rings. The smallest absolute Gasteiger partial charge is 0.354 e. The summed E-state index contributed by atoms with van der Waals surface area (Å²) in [6, 6.07) is 0. The molecule has 1 aliphatic rings. The Morgan fingerprint density at radius 3 is 2.50 bits per heavy atom. The summed E-state index contributed by atoms with van der Waals surface area (Å²) in [5, 5.41) is 0. The van der Waals surface area contributed by atoms with Gasteiger partial charge >= 0.3 is 5.97 Å². The molecule has 3 nitrogen and oxygen atoms in total. The standard InChI is InChI=1S/C5H7NO2/c1-3-2-8-5(7)4(3)6/h2,6H2,1H3. The second-order valence-electron chi connectivity index (χ2n) is 1.77. The van der Waals surface area contributed by atoms with Crippen LogP contribution in [0.4, 0.5) is 0 Å². The molecule has 1 rings (SSSR count). The van der Waals surface area contributed by atoms with Crippen molar-refractivity contribution in [1.82, 2.24) is 0 Å². The van der Waals surface area contributed by atoms with Gasteiger partial charge in [-0.2, -0.15) is 0 Å². The molecular weight excluding hydrogens is 106 g/mol. The monoisotopic (exact) mass is 113 g/mol. The van der Waals surface area contributed by atoms with Gasteiger partial charge in [0, 0.05) is 0 Å². The fourth-order valence-electron chi connectivity index (χ4n) is 0.504. The van der Waals surface area contributed by atoms with Crippen LogP contribution in [-0.2, 0) is 9.53 Å². The quantitative estimate of drug-likeness (QED) is 0.442. The second kappa shape index (κ2) is 1.51. The van der Waals surface area contributed by atoms with Crippen LogP contribution < -0.4 is 5.73 Å². The first-order valence-corrected chi connectivity index (χ1v) is 2.34. The Kier molecular flexibility index (Phi) is 0.970. The van der Waals surface area contributed by atoms with E-state index in [4.69, 9.17) is 5.73 Å². The first-order valence-electron chi connectivity index (χ1n) is 2.34. The van der Waals surface area contributed by atoms with Crippen LogP contribution in [-0.4, -0.2) is 12.6 Å². The Morgan fingerprint density at radius 1 is 1.75 bits per heavy atom. The summed E-state index contributed by atoms with van der Waals surface area (Å²) in [7, 11) is 0. The summed E-state index contributed by atoms with van der Waals surface area (Å²) >= 11 is 0. The Labute approximate surface area is 47.1 Å². The fraction of sp³-hybridized carbons (Fsp3) is 0.400. The van der Waals surface area contributed by atoms with Gasteiger partial charge in [-0.1, -0.05) is 0 Å². The van der Waals surface area contributed by atoms with Crippen LogP contribution in [0.15, 0.2) is 11.3 Å². The zero-order valence-corrected chi connectivity index (χ0v) is 4.60. The van der Waals surface area contributed by atoms with Crippen LogP contribution in [0, 0.1) is 0 Å². The van der Waals surface area contributed by atoms with Gasteiger partial charge in [0.1, 0.15) is 12.3 Å². The Balaban J connectivity index is 2.86. The van der Waals surface area contributed by atoms with Gasteiger partial charge in [-0.25, -0.2) is 4.79 Å². The summed E-state index contributed by atoms with van der Waals surface area (Å²) in [5.41, 5.74) is 6.32. The predicted molar refractivity (Wildman–Crippen MR) is 27.8 cm³/mol. The van der Waals surface area contributed by atoms with Crippen LogP contribution in [0.2, 0.25) is 0 Å². The molecule has 0 spiro atoms. The molecule has 0 amide bonds. The minimum Gasteiger partial charge on any atom is -0.456 e. The van der Waals surface area contributed by atoms with Gasteiger partial charge in [0.2, 0.25) is 0 Å². The SMILES string of the molecule is CC1=C(N)C(=O)OC1. The van der Waals surface area contributed by atoms with E-state index in [-0.39, 0.29) is 11.7 Å². The van der Waals surface area contributed by atoms with Crippen molar-refractivity contribution in [3.63, 3.8) is 0 Å².